The van der Waals surface area contributed by atoms with Gasteiger partial charge in [0.1, 0.15) is 0 Å². The summed E-state index contributed by atoms with van der Waals surface area (Å²) < 4.78 is 0. The van der Waals surface area contributed by atoms with E-state index >= 15 is 0 Å². The predicted octanol–water partition coefficient (Wildman–Crippen LogP) is 12.6. The quantitative estimate of drug-likeness (QED) is 0.114. The Kier molecular flexibility index (Phi) is 9.85. The van der Waals surface area contributed by atoms with Crippen LogP contribution in [0.2, 0.25) is 0 Å². The van der Waals surface area contributed by atoms with Crippen molar-refractivity contribution in [1.82, 2.24) is 39.9 Å². The van der Waals surface area contributed by atoms with E-state index in [2.05, 4.69) is 149 Å². The van der Waals surface area contributed by atoms with Crippen molar-refractivity contribution in [2.75, 3.05) is 0 Å². The topological polar surface area (TPSA) is 115 Å². The minimum absolute atomic E-state index is 0. The number of hydrogen-bond acceptors (Lipinski definition) is 4. The molecule has 5 aliphatic rings. The molecule has 0 saturated heterocycles. The van der Waals surface area contributed by atoms with E-state index in [1.54, 1.807) is 0 Å². The summed E-state index contributed by atoms with van der Waals surface area (Å²) in [5.41, 5.74) is 21.3. The number of rotatable bonds is 0. The molecule has 16 bridgehead atoms. The van der Waals surface area contributed by atoms with E-state index < -0.39 is 0 Å². The first-order valence-corrected chi connectivity index (χ1v) is 19.8. The SMILES string of the molecule is C1=Cc2cc3ccc(cc4ccc(cc5nc(cc1n2)C=C5)[nH]4)[nH]3.C1=Cc2cc3ccc(cc4ccc(cc5nc(cc1n2)C=C5)[nH]4)[nH]3.[Ni].c1ccc2c(c1)-c1ccccc1-2. The van der Waals surface area contributed by atoms with E-state index in [0.717, 1.165) is 89.7 Å². The fourth-order valence-corrected chi connectivity index (χ4v) is 7.73. The zero-order chi connectivity index (χ0) is 39.8. The Hall–Kier alpha value is -7.87. The Morgan fingerprint density at radius 1 is 0.230 bits per heavy atom. The molecule has 0 atom stereocenters. The van der Waals surface area contributed by atoms with Gasteiger partial charge in [0.25, 0.3) is 0 Å². The monoisotopic (exact) mass is 830 g/mol. The molecule has 0 unspecified atom stereocenters. The first-order chi connectivity index (χ1) is 29.6. The fourth-order valence-electron chi connectivity index (χ4n) is 7.73. The van der Waals surface area contributed by atoms with Gasteiger partial charge >= 0.3 is 0 Å². The number of H-pyrrole nitrogens is 4. The number of nitrogens with one attached hydrogen (secondary N) is 4. The average Bonchev–Trinajstić information content (AvgIpc) is 4.09. The molecule has 9 heteroatoms. The van der Waals surface area contributed by atoms with Gasteiger partial charge in [0.15, 0.2) is 0 Å². The molecule has 13 rings (SSSR count). The first kappa shape index (κ1) is 37.4. The van der Waals surface area contributed by atoms with Crippen molar-refractivity contribution in [3.63, 3.8) is 0 Å². The zero-order valence-electron chi connectivity index (χ0n) is 32.6. The summed E-state index contributed by atoms with van der Waals surface area (Å²) in [5.74, 6) is 0. The van der Waals surface area contributed by atoms with Gasteiger partial charge in [-0.2, -0.15) is 0 Å². The third kappa shape index (κ3) is 8.24. The third-order valence-electron chi connectivity index (χ3n) is 10.5. The Bertz CT molecular complexity index is 3000. The Labute approximate surface area is 360 Å². The second-order valence-corrected chi connectivity index (χ2v) is 14.9. The second-order valence-electron chi connectivity index (χ2n) is 14.9. The summed E-state index contributed by atoms with van der Waals surface area (Å²) in [4.78, 5) is 32.0. The maximum atomic E-state index is 4.62. The molecule has 1 aliphatic carbocycles. The first-order valence-electron chi connectivity index (χ1n) is 19.8. The maximum absolute atomic E-state index is 4.62. The molecule has 4 aliphatic heterocycles. The molecular weight excluding hydrogens is 795 g/mol. The van der Waals surface area contributed by atoms with Gasteiger partial charge in [-0.15, -0.1) is 0 Å². The van der Waals surface area contributed by atoms with Crippen molar-refractivity contribution in [2.24, 2.45) is 0 Å². The van der Waals surface area contributed by atoms with Gasteiger partial charge in [-0.05, 0) is 168 Å². The molecule has 8 aromatic rings. The summed E-state index contributed by atoms with van der Waals surface area (Å²) in [6.45, 7) is 0. The van der Waals surface area contributed by atoms with Crippen LogP contribution in [0, 0.1) is 0 Å². The van der Waals surface area contributed by atoms with E-state index in [4.69, 9.17) is 0 Å². The van der Waals surface area contributed by atoms with Gasteiger partial charge in [0.05, 0.1) is 45.6 Å². The Balaban J connectivity index is 0.000000114. The van der Waals surface area contributed by atoms with Crippen molar-refractivity contribution >= 4 is 92.7 Å². The van der Waals surface area contributed by atoms with Crippen LogP contribution < -0.4 is 0 Å². The molecule has 0 fully saturated rings. The molecule has 0 spiro atoms. The van der Waals surface area contributed by atoms with E-state index in [0.29, 0.717) is 0 Å². The molecule has 10 heterocycles. The molecule has 2 aromatic carbocycles. The summed E-state index contributed by atoms with van der Waals surface area (Å²) in [6, 6.07) is 49.9. The van der Waals surface area contributed by atoms with Crippen molar-refractivity contribution < 1.29 is 16.5 Å². The van der Waals surface area contributed by atoms with Gasteiger partial charge in [-0.3, -0.25) is 0 Å². The Morgan fingerprint density at radius 2 is 0.426 bits per heavy atom. The number of benzene rings is 2. The number of hydrogen-bond donors (Lipinski definition) is 4. The minimum atomic E-state index is 0. The number of aromatic nitrogens is 8. The summed E-state index contributed by atoms with van der Waals surface area (Å²) in [7, 11) is 0. The standard InChI is InChI=1S/2C20H14N4.C12H8.Ni/c2*1-2-14-10-16-5-6-18(23-16)12-20-8-7-19(24-20)11-17-4-3-15(22-17)9-13(1)21-14;1-2-6-10-9(5-1)11-7-3-4-8-12(10)11;/h2*1-12,21-22H;1-8H;. The zero-order valence-corrected chi connectivity index (χ0v) is 33.6. The second kappa shape index (κ2) is 16.1. The van der Waals surface area contributed by atoms with Crippen LogP contribution in [-0.4, -0.2) is 39.9 Å². The summed E-state index contributed by atoms with van der Waals surface area (Å²) in [5, 5.41) is 0. The van der Waals surface area contributed by atoms with Crippen molar-refractivity contribution in [1.29, 1.82) is 0 Å². The number of fused-ring (bicyclic) bond motifs is 20. The van der Waals surface area contributed by atoms with Crippen LogP contribution >= 0.6 is 0 Å². The van der Waals surface area contributed by atoms with Crippen LogP contribution in [-0.2, 0) is 16.5 Å². The van der Waals surface area contributed by atoms with Gasteiger partial charge in [0, 0.05) is 60.6 Å². The van der Waals surface area contributed by atoms with Crippen LogP contribution in [0.3, 0.4) is 0 Å². The number of aromatic amines is 4. The van der Waals surface area contributed by atoms with Crippen LogP contribution in [0.5, 0.6) is 0 Å². The summed E-state index contributed by atoms with van der Waals surface area (Å²) in [6.07, 6.45) is 16.1. The van der Waals surface area contributed by atoms with Gasteiger partial charge < -0.3 is 19.9 Å². The van der Waals surface area contributed by atoms with Gasteiger partial charge in [-0.25, -0.2) is 19.9 Å². The van der Waals surface area contributed by atoms with Crippen molar-refractivity contribution in [3.05, 3.63) is 191 Å². The smallest absolute Gasteiger partial charge is 0.0659 e. The molecule has 0 radical (unpaired) electrons. The summed E-state index contributed by atoms with van der Waals surface area (Å²) >= 11 is 0. The third-order valence-corrected chi connectivity index (χ3v) is 10.5. The van der Waals surface area contributed by atoms with E-state index in [1.165, 1.54) is 22.3 Å². The molecule has 61 heavy (non-hydrogen) atoms. The van der Waals surface area contributed by atoms with E-state index in [-0.39, 0.29) is 16.5 Å². The maximum Gasteiger partial charge on any atom is 0.0659 e. The largest absolute Gasteiger partial charge is 0.355 e. The minimum Gasteiger partial charge on any atom is -0.355 e. The molecule has 8 nitrogen and oxygen atoms in total. The molecular formula is C52H36N8Ni. The Morgan fingerprint density at radius 3 is 0.656 bits per heavy atom. The van der Waals surface area contributed by atoms with Gasteiger partial charge in [0.2, 0.25) is 0 Å². The van der Waals surface area contributed by atoms with Gasteiger partial charge in [-0.1, -0.05) is 48.5 Å². The molecule has 294 valence electrons. The molecule has 0 saturated carbocycles. The van der Waals surface area contributed by atoms with E-state index in [1.807, 2.05) is 85.0 Å². The average molecular weight is 832 g/mol. The van der Waals surface area contributed by atoms with Crippen LogP contribution in [0.4, 0.5) is 0 Å². The van der Waals surface area contributed by atoms with Crippen molar-refractivity contribution in [3.8, 4) is 22.3 Å². The van der Waals surface area contributed by atoms with Crippen LogP contribution in [0.1, 0.15) is 45.6 Å². The fraction of sp³-hybridized carbons (Fsp3) is 0. The van der Waals surface area contributed by atoms with Crippen LogP contribution in [0.15, 0.2) is 146 Å². The van der Waals surface area contributed by atoms with Crippen LogP contribution in [0.25, 0.3) is 115 Å². The molecule has 4 N–H and O–H groups in total. The molecule has 6 aromatic heterocycles. The van der Waals surface area contributed by atoms with Crippen molar-refractivity contribution in [2.45, 2.75) is 0 Å². The molecule has 0 amide bonds. The normalized spacial score (nSPS) is 12.2. The predicted molar refractivity (Wildman–Crippen MR) is 249 cm³/mol. The van der Waals surface area contributed by atoms with E-state index in [9.17, 15) is 0 Å². The number of nitrogens with zero attached hydrogens (tertiary/aromatic N) is 4.